The van der Waals surface area contributed by atoms with Gasteiger partial charge in [0, 0.05) is 19.3 Å². The van der Waals surface area contributed by atoms with Crippen LogP contribution in [0.5, 0.6) is 0 Å². The molecule has 0 bridgehead atoms. The summed E-state index contributed by atoms with van der Waals surface area (Å²) >= 11 is 0. The van der Waals surface area contributed by atoms with Crippen molar-refractivity contribution in [2.75, 3.05) is 13.2 Å². The molecular formula is C69H122O6. The van der Waals surface area contributed by atoms with Crippen LogP contribution in [0.2, 0.25) is 0 Å². The molecule has 0 rings (SSSR count). The van der Waals surface area contributed by atoms with Gasteiger partial charge in [-0.2, -0.15) is 0 Å². The zero-order valence-electron chi connectivity index (χ0n) is 49.8. The van der Waals surface area contributed by atoms with Crippen molar-refractivity contribution in [1.82, 2.24) is 0 Å². The number of ether oxygens (including phenoxy) is 3. The van der Waals surface area contributed by atoms with Crippen molar-refractivity contribution in [2.45, 2.75) is 335 Å². The summed E-state index contributed by atoms with van der Waals surface area (Å²) in [6.45, 7) is 6.54. The highest BCUT2D eigenvalue weighted by molar-refractivity contribution is 5.71. The van der Waals surface area contributed by atoms with Crippen molar-refractivity contribution in [3.8, 4) is 0 Å². The molecule has 0 aromatic heterocycles. The minimum Gasteiger partial charge on any atom is -0.462 e. The number of rotatable bonds is 59. The van der Waals surface area contributed by atoms with E-state index < -0.39 is 6.10 Å². The normalized spacial score (nSPS) is 12.5. The van der Waals surface area contributed by atoms with Gasteiger partial charge in [-0.3, -0.25) is 14.4 Å². The van der Waals surface area contributed by atoms with Crippen LogP contribution in [0.1, 0.15) is 329 Å². The summed E-state index contributed by atoms with van der Waals surface area (Å²) in [5.74, 6) is -0.859. The van der Waals surface area contributed by atoms with Crippen LogP contribution in [0.4, 0.5) is 0 Å². The van der Waals surface area contributed by atoms with Gasteiger partial charge in [0.05, 0.1) is 0 Å². The van der Waals surface area contributed by atoms with Crippen LogP contribution in [-0.4, -0.2) is 37.2 Å². The summed E-state index contributed by atoms with van der Waals surface area (Å²) < 4.78 is 16.9. The van der Waals surface area contributed by atoms with Crippen molar-refractivity contribution >= 4 is 17.9 Å². The first kappa shape index (κ1) is 71.8. The fraction of sp³-hybridized carbons (Fsp3) is 0.783. The van der Waals surface area contributed by atoms with Gasteiger partial charge in [-0.15, -0.1) is 0 Å². The van der Waals surface area contributed by atoms with Crippen LogP contribution >= 0.6 is 0 Å². The van der Waals surface area contributed by atoms with E-state index in [1.807, 2.05) is 0 Å². The molecule has 0 saturated carbocycles. The van der Waals surface area contributed by atoms with Gasteiger partial charge in [0.25, 0.3) is 0 Å². The lowest BCUT2D eigenvalue weighted by atomic mass is 10.0. The van der Waals surface area contributed by atoms with Gasteiger partial charge < -0.3 is 14.2 Å². The first-order valence-electron chi connectivity index (χ1n) is 32.4. The highest BCUT2D eigenvalue weighted by Gasteiger charge is 2.19. The van der Waals surface area contributed by atoms with E-state index in [1.54, 1.807) is 0 Å². The number of unbranched alkanes of at least 4 members (excludes halogenated alkanes) is 36. The zero-order valence-corrected chi connectivity index (χ0v) is 49.8. The number of esters is 3. The fourth-order valence-corrected chi connectivity index (χ4v) is 9.39. The third-order valence-electron chi connectivity index (χ3n) is 14.2. The smallest absolute Gasteiger partial charge is 0.306 e. The van der Waals surface area contributed by atoms with Gasteiger partial charge in [-0.25, -0.2) is 0 Å². The fourth-order valence-electron chi connectivity index (χ4n) is 9.39. The molecule has 0 aliphatic heterocycles. The number of carbonyl (C=O) groups is 3. The molecule has 0 aliphatic rings. The second-order valence-corrected chi connectivity index (χ2v) is 21.7. The second-order valence-electron chi connectivity index (χ2n) is 21.7. The average molecular weight is 1050 g/mol. The molecule has 6 heteroatoms. The van der Waals surface area contributed by atoms with Crippen LogP contribution in [-0.2, 0) is 28.6 Å². The Morgan fingerprint density at radius 3 is 0.813 bits per heavy atom. The van der Waals surface area contributed by atoms with E-state index in [0.717, 1.165) is 96.3 Å². The molecule has 6 nitrogen and oxygen atoms in total. The van der Waals surface area contributed by atoms with Gasteiger partial charge in [-0.05, 0) is 70.6 Å². The zero-order chi connectivity index (χ0) is 54.3. The van der Waals surface area contributed by atoms with Gasteiger partial charge >= 0.3 is 17.9 Å². The molecule has 0 amide bonds. The van der Waals surface area contributed by atoms with Crippen LogP contribution in [0.25, 0.3) is 0 Å². The summed E-state index contributed by atoms with van der Waals surface area (Å²) in [5.41, 5.74) is 0. The minimum atomic E-state index is -0.771. The molecule has 0 saturated heterocycles. The molecule has 0 radical (unpaired) electrons. The van der Waals surface area contributed by atoms with Crippen molar-refractivity contribution in [3.05, 3.63) is 72.9 Å². The summed E-state index contributed by atoms with van der Waals surface area (Å²) in [5, 5.41) is 0. The number of carbonyl (C=O) groups excluding carboxylic acids is 3. The van der Waals surface area contributed by atoms with Crippen molar-refractivity contribution in [1.29, 1.82) is 0 Å². The molecule has 1 unspecified atom stereocenters. The minimum absolute atomic E-state index is 0.0704. The largest absolute Gasteiger partial charge is 0.462 e. The number of hydrogen-bond donors (Lipinski definition) is 0. The maximum Gasteiger partial charge on any atom is 0.306 e. The van der Waals surface area contributed by atoms with Gasteiger partial charge in [0.2, 0.25) is 0 Å². The molecule has 0 spiro atoms. The Hall–Kier alpha value is -3.15. The molecule has 75 heavy (non-hydrogen) atoms. The third-order valence-corrected chi connectivity index (χ3v) is 14.2. The van der Waals surface area contributed by atoms with E-state index in [-0.39, 0.29) is 31.1 Å². The van der Waals surface area contributed by atoms with E-state index in [4.69, 9.17) is 14.2 Å². The molecular weight excluding hydrogens is 925 g/mol. The van der Waals surface area contributed by atoms with Crippen molar-refractivity contribution in [2.24, 2.45) is 0 Å². The van der Waals surface area contributed by atoms with E-state index in [9.17, 15) is 14.4 Å². The van der Waals surface area contributed by atoms with Gasteiger partial charge in [0.1, 0.15) is 13.2 Å². The topological polar surface area (TPSA) is 78.9 Å². The van der Waals surface area contributed by atoms with Gasteiger partial charge in [-0.1, -0.05) is 312 Å². The van der Waals surface area contributed by atoms with Crippen LogP contribution in [0.15, 0.2) is 72.9 Å². The lowest BCUT2D eigenvalue weighted by Gasteiger charge is -2.18. The first-order valence-corrected chi connectivity index (χ1v) is 32.4. The van der Waals surface area contributed by atoms with Crippen LogP contribution < -0.4 is 0 Å². The lowest BCUT2D eigenvalue weighted by Crippen LogP contribution is -2.30. The van der Waals surface area contributed by atoms with E-state index in [1.165, 1.54) is 193 Å². The second kappa shape index (κ2) is 63.4. The molecule has 0 aliphatic carbocycles. The summed E-state index contributed by atoms with van der Waals surface area (Å²) in [6.07, 6.45) is 82.2. The Balaban J connectivity index is 4.11. The van der Waals surface area contributed by atoms with E-state index in [2.05, 4.69) is 93.7 Å². The Labute approximate surface area is 465 Å². The highest BCUT2D eigenvalue weighted by Crippen LogP contribution is 2.17. The van der Waals surface area contributed by atoms with E-state index in [0.29, 0.717) is 19.3 Å². The van der Waals surface area contributed by atoms with Crippen LogP contribution in [0, 0.1) is 0 Å². The molecule has 0 fully saturated rings. The number of allylic oxidation sites excluding steroid dienone is 12. The van der Waals surface area contributed by atoms with Gasteiger partial charge in [0.15, 0.2) is 6.10 Å². The quantitative estimate of drug-likeness (QED) is 0.0261. The van der Waals surface area contributed by atoms with Crippen molar-refractivity contribution < 1.29 is 28.6 Å². The molecule has 1 atom stereocenters. The number of hydrogen-bond acceptors (Lipinski definition) is 6. The van der Waals surface area contributed by atoms with E-state index >= 15 is 0 Å². The Morgan fingerprint density at radius 2 is 0.520 bits per heavy atom. The highest BCUT2D eigenvalue weighted by atomic mass is 16.6. The maximum absolute atomic E-state index is 12.9. The monoisotopic (exact) mass is 1050 g/mol. The average Bonchev–Trinajstić information content (AvgIpc) is 3.41. The van der Waals surface area contributed by atoms with Crippen molar-refractivity contribution in [3.63, 3.8) is 0 Å². The Bertz CT molecular complexity index is 1390. The molecule has 0 aromatic carbocycles. The summed E-state index contributed by atoms with van der Waals surface area (Å²) in [4.78, 5) is 38.1. The van der Waals surface area contributed by atoms with Crippen LogP contribution in [0.3, 0.4) is 0 Å². The Kier molecular flexibility index (Phi) is 60.7. The lowest BCUT2D eigenvalue weighted by molar-refractivity contribution is -0.167. The standard InChI is InChI=1S/C69H122O6/c1-4-7-10-13-16-19-21-23-25-27-29-30-31-32-33-34-35-36-37-38-39-40-41-43-44-46-48-50-53-56-59-62-68(71)74-65-66(64-73-67(70)61-58-55-52-18-15-12-9-6-3)75-69(72)63-60-57-54-51-49-47-45-42-28-26-24-22-20-17-14-11-8-5-2/h7,10,16,19,23,25,29-30,32-33,35-36,66H,4-6,8-9,11-15,17-18,20-22,24,26-28,31,34,37-65H2,1-3H3/b10-7-,19-16-,25-23-,30-29-,33-32-,36-35-. The predicted octanol–water partition coefficient (Wildman–Crippen LogP) is 22.1. The predicted molar refractivity (Wildman–Crippen MR) is 325 cm³/mol. The first-order chi connectivity index (χ1) is 37.0. The Morgan fingerprint density at radius 1 is 0.280 bits per heavy atom. The molecule has 0 heterocycles. The third kappa shape index (κ3) is 61.6. The summed E-state index contributed by atoms with van der Waals surface area (Å²) in [6, 6.07) is 0. The molecule has 0 aromatic rings. The summed E-state index contributed by atoms with van der Waals surface area (Å²) in [7, 11) is 0. The molecule has 434 valence electrons. The maximum atomic E-state index is 12.9. The molecule has 0 N–H and O–H groups in total. The SMILES string of the molecule is CC/C=C\C/C=C\C/C=C\C/C=C\C/C=C\C/C=C\CCCCCCCCCCCCCCC(=O)OCC(COC(=O)CCCCCCCCCC)OC(=O)CCCCCCCCCCCCCCCCCCCC.